The predicted octanol–water partition coefficient (Wildman–Crippen LogP) is 2.41. The van der Waals surface area contributed by atoms with Crippen molar-refractivity contribution in [3.05, 3.63) is 38.8 Å². The molecule has 0 fully saturated rings. The fourth-order valence-electron chi connectivity index (χ4n) is 2.28. The highest BCUT2D eigenvalue weighted by Crippen LogP contribution is 2.28. The van der Waals surface area contributed by atoms with E-state index in [0.717, 1.165) is 27.7 Å². The molecule has 3 rings (SSSR count). The van der Waals surface area contributed by atoms with Crippen LogP contribution in [0.4, 0.5) is 5.69 Å². The molecule has 7 heteroatoms. The Morgan fingerprint density at radius 3 is 3.05 bits per heavy atom. The second-order valence-electron chi connectivity index (χ2n) is 4.86. The summed E-state index contributed by atoms with van der Waals surface area (Å²) < 4.78 is 0. The first-order valence-corrected chi connectivity index (χ1v) is 7.99. The second-order valence-corrected chi connectivity index (χ2v) is 6.45. The molecule has 1 aliphatic heterocycles. The maximum Gasteiger partial charge on any atom is 0.243 e. The van der Waals surface area contributed by atoms with Gasteiger partial charge in [-0.3, -0.25) is 4.79 Å². The van der Waals surface area contributed by atoms with E-state index in [2.05, 4.69) is 20.8 Å². The molecule has 21 heavy (non-hydrogen) atoms. The molecule has 110 valence electrons. The molecule has 0 spiro atoms. The molecule has 1 aromatic heterocycles. The highest BCUT2D eigenvalue weighted by Gasteiger charge is 2.26. The molecule has 0 aliphatic carbocycles. The summed E-state index contributed by atoms with van der Waals surface area (Å²) in [5.41, 5.74) is 2.05. The van der Waals surface area contributed by atoms with Crippen LogP contribution in [-0.4, -0.2) is 22.1 Å². The predicted molar refractivity (Wildman–Crippen MR) is 83.7 cm³/mol. The third-order valence-corrected chi connectivity index (χ3v) is 4.67. The Kier molecular flexibility index (Phi) is 4.07. The number of aryl methyl sites for hydroxylation is 1. The number of nitrogens with one attached hydrogen (secondary N) is 2. The molecular weight excluding hydrogens is 308 g/mol. The summed E-state index contributed by atoms with van der Waals surface area (Å²) in [5.74, 6) is -0.0319. The van der Waals surface area contributed by atoms with Gasteiger partial charge in [-0.15, -0.1) is 10.2 Å². The lowest BCUT2D eigenvalue weighted by molar-refractivity contribution is -0.121. The molecule has 2 N–H and O–H groups in total. The zero-order chi connectivity index (χ0) is 14.8. The molecule has 1 aliphatic rings. The average molecular weight is 323 g/mol. The number of carbonyl (C=O) groups excluding carboxylic acids is 1. The number of halogens is 1. The van der Waals surface area contributed by atoms with Gasteiger partial charge in [0.2, 0.25) is 5.91 Å². The fraction of sp³-hybridized carbons (Fsp3) is 0.357. The van der Waals surface area contributed by atoms with E-state index in [-0.39, 0.29) is 11.9 Å². The van der Waals surface area contributed by atoms with Gasteiger partial charge in [0.15, 0.2) is 0 Å². The van der Waals surface area contributed by atoms with Crippen LogP contribution in [0.5, 0.6) is 0 Å². The van der Waals surface area contributed by atoms with Crippen molar-refractivity contribution in [2.45, 2.75) is 32.4 Å². The van der Waals surface area contributed by atoms with E-state index in [1.807, 2.05) is 25.1 Å². The van der Waals surface area contributed by atoms with Gasteiger partial charge in [0.05, 0.1) is 6.54 Å². The minimum absolute atomic E-state index is 0.0319. The van der Waals surface area contributed by atoms with Crippen molar-refractivity contribution < 1.29 is 4.79 Å². The van der Waals surface area contributed by atoms with E-state index in [9.17, 15) is 4.79 Å². The number of aromatic nitrogens is 2. The Bertz CT molecular complexity index is 673. The van der Waals surface area contributed by atoms with Crippen molar-refractivity contribution in [1.29, 1.82) is 0 Å². The lowest BCUT2D eigenvalue weighted by atomic mass is 10.1. The zero-order valence-corrected chi connectivity index (χ0v) is 13.1. The Balaban J connectivity index is 1.57. The van der Waals surface area contributed by atoms with Gasteiger partial charge in [-0.1, -0.05) is 29.9 Å². The smallest absolute Gasteiger partial charge is 0.243 e. The van der Waals surface area contributed by atoms with Crippen molar-refractivity contribution in [3.8, 4) is 0 Å². The minimum Gasteiger partial charge on any atom is -0.373 e. The van der Waals surface area contributed by atoms with Gasteiger partial charge in [0.1, 0.15) is 16.1 Å². The molecule has 2 aromatic rings. The van der Waals surface area contributed by atoms with E-state index in [1.165, 1.54) is 11.3 Å². The van der Waals surface area contributed by atoms with Gasteiger partial charge in [0, 0.05) is 17.1 Å². The van der Waals surface area contributed by atoms with Crippen molar-refractivity contribution in [3.63, 3.8) is 0 Å². The number of rotatable bonds is 4. The summed E-state index contributed by atoms with van der Waals surface area (Å²) in [5, 5.41) is 16.7. The van der Waals surface area contributed by atoms with Gasteiger partial charge >= 0.3 is 0 Å². The van der Waals surface area contributed by atoms with E-state index in [4.69, 9.17) is 11.6 Å². The maximum absolute atomic E-state index is 12.2. The molecule has 0 saturated carbocycles. The number of carbonyl (C=O) groups is 1. The van der Waals surface area contributed by atoms with Gasteiger partial charge in [-0.2, -0.15) is 0 Å². The fourth-order valence-corrected chi connectivity index (χ4v) is 3.20. The number of amides is 1. The topological polar surface area (TPSA) is 66.9 Å². The summed E-state index contributed by atoms with van der Waals surface area (Å²) >= 11 is 7.50. The van der Waals surface area contributed by atoms with Crippen molar-refractivity contribution in [1.82, 2.24) is 15.5 Å². The Morgan fingerprint density at radius 1 is 1.48 bits per heavy atom. The third-order valence-electron chi connectivity index (χ3n) is 3.36. The lowest BCUT2D eigenvalue weighted by Crippen LogP contribution is -2.38. The van der Waals surface area contributed by atoms with E-state index in [1.54, 1.807) is 0 Å². The van der Waals surface area contributed by atoms with Gasteiger partial charge in [-0.25, -0.2) is 0 Å². The first kappa shape index (κ1) is 14.3. The molecule has 1 atom stereocenters. The highest BCUT2D eigenvalue weighted by atomic mass is 35.5. The molecule has 2 heterocycles. The largest absolute Gasteiger partial charge is 0.373 e. The third kappa shape index (κ3) is 3.16. The number of benzene rings is 1. The van der Waals surface area contributed by atoms with Gasteiger partial charge < -0.3 is 10.6 Å². The van der Waals surface area contributed by atoms with Crippen LogP contribution in [-0.2, 0) is 24.2 Å². The number of anilines is 1. The van der Waals surface area contributed by atoms with E-state index < -0.39 is 0 Å². The molecule has 0 unspecified atom stereocenters. The Labute approximate surface area is 131 Å². The molecular formula is C14H15ClN4OS. The van der Waals surface area contributed by atoms with Crippen molar-refractivity contribution in [2.75, 3.05) is 5.32 Å². The van der Waals surface area contributed by atoms with Crippen LogP contribution in [0.25, 0.3) is 0 Å². The maximum atomic E-state index is 12.2. The Morgan fingerprint density at radius 2 is 2.29 bits per heavy atom. The number of fused-ring (bicyclic) bond motifs is 1. The SMILES string of the molecule is CCc1nnc(CNC(=O)[C@@H]2Cc3cc(Cl)ccc3N2)s1. The van der Waals surface area contributed by atoms with E-state index >= 15 is 0 Å². The van der Waals surface area contributed by atoms with Crippen LogP contribution in [0.2, 0.25) is 5.02 Å². The molecule has 0 radical (unpaired) electrons. The number of hydrogen-bond acceptors (Lipinski definition) is 5. The minimum atomic E-state index is -0.253. The van der Waals surface area contributed by atoms with Gasteiger partial charge in [0.25, 0.3) is 0 Å². The highest BCUT2D eigenvalue weighted by molar-refractivity contribution is 7.11. The Hall–Kier alpha value is -1.66. The van der Waals surface area contributed by atoms with Crippen LogP contribution in [0.3, 0.4) is 0 Å². The first-order valence-electron chi connectivity index (χ1n) is 6.79. The standard InChI is InChI=1S/C14H15ClN4OS/c1-2-12-18-19-13(21-12)7-16-14(20)11-6-8-5-9(15)3-4-10(8)17-11/h3-5,11,17H,2,6-7H2,1H3,(H,16,20)/t11-/m0/s1. The summed E-state index contributed by atoms with van der Waals surface area (Å²) in [6, 6.07) is 5.37. The van der Waals surface area contributed by atoms with E-state index in [0.29, 0.717) is 18.0 Å². The molecule has 0 saturated heterocycles. The van der Waals surface area contributed by atoms with Crippen LogP contribution in [0.15, 0.2) is 18.2 Å². The lowest BCUT2D eigenvalue weighted by Gasteiger charge is -2.10. The van der Waals surface area contributed by atoms with Crippen LogP contribution >= 0.6 is 22.9 Å². The number of nitrogens with zero attached hydrogens (tertiary/aromatic N) is 2. The summed E-state index contributed by atoms with van der Waals surface area (Å²) in [6.07, 6.45) is 1.52. The van der Waals surface area contributed by atoms with Crippen molar-refractivity contribution in [2.24, 2.45) is 0 Å². The molecule has 1 aromatic carbocycles. The first-order chi connectivity index (χ1) is 10.2. The van der Waals surface area contributed by atoms with Crippen molar-refractivity contribution >= 4 is 34.5 Å². The van der Waals surface area contributed by atoms with Crippen LogP contribution < -0.4 is 10.6 Å². The zero-order valence-electron chi connectivity index (χ0n) is 11.5. The van der Waals surface area contributed by atoms with Gasteiger partial charge in [-0.05, 0) is 30.2 Å². The monoisotopic (exact) mass is 322 g/mol. The average Bonchev–Trinajstić information content (AvgIpc) is 3.10. The summed E-state index contributed by atoms with van der Waals surface area (Å²) in [6.45, 7) is 2.46. The quantitative estimate of drug-likeness (QED) is 0.907. The number of hydrogen-bond donors (Lipinski definition) is 2. The van der Waals surface area contributed by atoms with Crippen LogP contribution in [0.1, 0.15) is 22.5 Å². The molecule has 0 bridgehead atoms. The molecule has 5 nitrogen and oxygen atoms in total. The summed E-state index contributed by atoms with van der Waals surface area (Å²) in [7, 11) is 0. The van der Waals surface area contributed by atoms with Crippen LogP contribution in [0, 0.1) is 0 Å². The molecule has 1 amide bonds. The normalized spacial score (nSPS) is 16.4. The second kappa shape index (κ2) is 5.99. The summed E-state index contributed by atoms with van der Waals surface area (Å²) in [4.78, 5) is 12.2.